The molecule has 0 saturated heterocycles. The number of rotatable bonds is 7. The van der Waals surface area contributed by atoms with Crippen LogP contribution in [0.25, 0.3) is 6.08 Å². The zero-order valence-electron chi connectivity index (χ0n) is 15.0. The number of esters is 1. The van der Waals surface area contributed by atoms with Gasteiger partial charge in [0.05, 0.1) is 24.0 Å². The normalized spacial score (nSPS) is 14.1. The molecular weight excluding hydrogens is 350 g/mol. The first-order valence-corrected chi connectivity index (χ1v) is 9.72. The van der Waals surface area contributed by atoms with Crippen LogP contribution in [0.5, 0.6) is 0 Å². The summed E-state index contributed by atoms with van der Waals surface area (Å²) in [6, 6.07) is 15.2. The largest absolute Gasteiger partial charge is 0.469 e. The highest BCUT2D eigenvalue weighted by atomic mass is 32.2. The van der Waals surface area contributed by atoms with E-state index in [-0.39, 0.29) is 4.90 Å². The van der Waals surface area contributed by atoms with E-state index in [2.05, 4.69) is 4.72 Å². The van der Waals surface area contributed by atoms with E-state index in [9.17, 15) is 13.2 Å². The fourth-order valence-electron chi connectivity index (χ4n) is 2.38. The van der Waals surface area contributed by atoms with Gasteiger partial charge in [-0.1, -0.05) is 67.1 Å². The van der Waals surface area contributed by atoms with Crippen molar-refractivity contribution in [3.05, 3.63) is 71.8 Å². The average Bonchev–Trinajstić information content (AvgIpc) is 2.65. The van der Waals surface area contributed by atoms with Gasteiger partial charge in [-0.3, -0.25) is 4.79 Å². The Balaban J connectivity index is 2.29. The minimum atomic E-state index is -3.78. The van der Waals surface area contributed by atoms with Gasteiger partial charge in [-0.05, 0) is 24.6 Å². The number of benzene rings is 2. The summed E-state index contributed by atoms with van der Waals surface area (Å²) in [5.74, 6) is -1.17. The van der Waals surface area contributed by atoms with E-state index >= 15 is 0 Å². The van der Waals surface area contributed by atoms with E-state index in [1.165, 1.54) is 7.11 Å². The smallest absolute Gasteiger partial charge is 0.310 e. The molecule has 138 valence electrons. The van der Waals surface area contributed by atoms with Gasteiger partial charge < -0.3 is 4.74 Å². The first-order valence-electron chi connectivity index (χ1n) is 8.23. The van der Waals surface area contributed by atoms with Crippen molar-refractivity contribution in [1.82, 2.24) is 4.72 Å². The first-order chi connectivity index (χ1) is 12.3. The summed E-state index contributed by atoms with van der Waals surface area (Å²) in [4.78, 5) is 12.1. The summed E-state index contributed by atoms with van der Waals surface area (Å²) in [5.41, 5.74) is 1.87. The van der Waals surface area contributed by atoms with Gasteiger partial charge in [0.25, 0.3) is 0 Å². The number of hydrogen-bond acceptors (Lipinski definition) is 4. The lowest BCUT2D eigenvalue weighted by Gasteiger charge is -2.20. The molecule has 1 N–H and O–H groups in total. The van der Waals surface area contributed by atoms with Crippen LogP contribution in [0.15, 0.2) is 65.6 Å². The number of aryl methyl sites for hydroxylation is 1. The van der Waals surface area contributed by atoms with Crippen molar-refractivity contribution < 1.29 is 17.9 Å². The lowest BCUT2D eigenvalue weighted by atomic mass is 10.0. The Morgan fingerprint density at radius 3 is 2.27 bits per heavy atom. The van der Waals surface area contributed by atoms with Crippen molar-refractivity contribution in [2.75, 3.05) is 7.11 Å². The van der Waals surface area contributed by atoms with E-state index in [1.807, 2.05) is 37.3 Å². The number of nitrogens with one attached hydrogen (secondary N) is 1. The van der Waals surface area contributed by atoms with Gasteiger partial charge >= 0.3 is 5.97 Å². The number of carbonyl (C=O) groups is 1. The maximum absolute atomic E-state index is 12.7. The molecule has 0 amide bonds. The lowest BCUT2D eigenvalue weighted by Crippen LogP contribution is -2.41. The minimum Gasteiger partial charge on any atom is -0.469 e. The standard InChI is InChI=1S/C20H23NO4S/c1-15-9-12-18(13-10-15)26(23,24)21-19(16(2)20(22)25-3)14-11-17-7-5-4-6-8-17/h4-14,16,19,21H,1-3H3/b14-11+/t16-,19-/m1/s1. The van der Waals surface area contributed by atoms with Crippen molar-refractivity contribution in [3.63, 3.8) is 0 Å². The number of methoxy groups -OCH3 is 1. The third kappa shape index (κ3) is 5.28. The van der Waals surface area contributed by atoms with Gasteiger partial charge in [-0.2, -0.15) is 0 Å². The highest BCUT2D eigenvalue weighted by Gasteiger charge is 2.27. The van der Waals surface area contributed by atoms with Crippen LogP contribution in [-0.4, -0.2) is 27.5 Å². The van der Waals surface area contributed by atoms with Crippen LogP contribution in [0.3, 0.4) is 0 Å². The molecular formula is C20H23NO4S. The Hall–Kier alpha value is -2.44. The summed E-state index contributed by atoms with van der Waals surface area (Å²) in [6.07, 6.45) is 3.45. The van der Waals surface area contributed by atoms with Crippen LogP contribution in [0, 0.1) is 12.8 Å². The molecule has 0 aliphatic rings. The maximum Gasteiger partial charge on any atom is 0.310 e. The van der Waals surface area contributed by atoms with E-state index in [4.69, 9.17) is 4.74 Å². The van der Waals surface area contributed by atoms with E-state index in [0.29, 0.717) is 0 Å². The predicted molar refractivity (Wildman–Crippen MR) is 102 cm³/mol. The van der Waals surface area contributed by atoms with Gasteiger partial charge in [-0.25, -0.2) is 13.1 Å². The number of sulfonamides is 1. The maximum atomic E-state index is 12.7. The highest BCUT2D eigenvalue weighted by molar-refractivity contribution is 7.89. The third-order valence-electron chi connectivity index (χ3n) is 4.03. The molecule has 2 atom stereocenters. The SMILES string of the molecule is COC(=O)[C@H](C)[C@@H](/C=C/c1ccccc1)NS(=O)(=O)c1ccc(C)cc1. The van der Waals surface area contributed by atoms with Crippen molar-refractivity contribution in [1.29, 1.82) is 0 Å². The van der Waals surface area contributed by atoms with Crippen molar-refractivity contribution >= 4 is 22.1 Å². The summed E-state index contributed by atoms with van der Waals surface area (Å²) in [7, 11) is -2.49. The average molecular weight is 373 g/mol. The molecule has 26 heavy (non-hydrogen) atoms. The summed E-state index contributed by atoms with van der Waals surface area (Å²) >= 11 is 0. The number of hydrogen-bond donors (Lipinski definition) is 1. The molecule has 0 radical (unpaired) electrons. The van der Waals surface area contributed by atoms with Gasteiger partial charge in [0, 0.05) is 0 Å². The van der Waals surface area contributed by atoms with Gasteiger partial charge in [0.15, 0.2) is 0 Å². The molecule has 0 aliphatic carbocycles. The van der Waals surface area contributed by atoms with Crippen LogP contribution in [-0.2, 0) is 19.6 Å². The quantitative estimate of drug-likeness (QED) is 0.757. The fourth-order valence-corrected chi connectivity index (χ4v) is 3.66. The Morgan fingerprint density at radius 2 is 1.69 bits per heavy atom. The van der Waals surface area contributed by atoms with Crippen molar-refractivity contribution in [2.45, 2.75) is 24.8 Å². The van der Waals surface area contributed by atoms with Crippen LogP contribution >= 0.6 is 0 Å². The molecule has 0 spiro atoms. The van der Waals surface area contributed by atoms with Crippen LogP contribution in [0.2, 0.25) is 0 Å². The molecule has 0 saturated carbocycles. The van der Waals surface area contributed by atoms with Crippen LogP contribution in [0.1, 0.15) is 18.1 Å². The molecule has 0 unspecified atom stereocenters. The van der Waals surface area contributed by atoms with Gasteiger partial charge in [0.2, 0.25) is 10.0 Å². The van der Waals surface area contributed by atoms with Crippen LogP contribution in [0.4, 0.5) is 0 Å². The number of ether oxygens (including phenoxy) is 1. The minimum absolute atomic E-state index is 0.151. The van der Waals surface area contributed by atoms with Crippen molar-refractivity contribution in [2.24, 2.45) is 5.92 Å². The molecule has 2 rings (SSSR count). The molecule has 5 nitrogen and oxygen atoms in total. The topological polar surface area (TPSA) is 72.5 Å². The predicted octanol–water partition coefficient (Wildman–Crippen LogP) is 3.16. The van der Waals surface area contributed by atoms with Crippen molar-refractivity contribution in [3.8, 4) is 0 Å². The molecule has 0 fully saturated rings. The molecule has 6 heteroatoms. The summed E-state index contributed by atoms with van der Waals surface area (Å²) < 4.78 is 32.7. The third-order valence-corrected chi connectivity index (χ3v) is 5.50. The second kappa shape index (κ2) is 8.78. The Kier molecular flexibility index (Phi) is 6.71. The van der Waals surface area contributed by atoms with E-state index < -0.39 is 28.0 Å². The Morgan fingerprint density at radius 1 is 1.08 bits per heavy atom. The summed E-state index contributed by atoms with van der Waals surface area (Å²) in [6.45, 7) is 3.51. The Bertz CT molecular complexity index is 858. The molecule has 0 heterocycles. The highest BCUT2D eigenvalue weighted by Crippen LogP contribution is 2.16. The first kappa shape index (κ1) is 19.9. The van der Waals surface area contributed by atoms with E-state index in [0.717, 1.165) is 11.1 Å². The summed E-state index contributed by atoms with van der Waals surface area (Å²) in [5, 5.41) is 0. The van der Waals surface area contributed by atoms with Crippen LogP contribution < -0.4 is 4.72 Å². The zero-order valence-corrected chi connectivity index (χ0v) is 15.9. The zero-order chi connectivity index (χ0) is 19.2. The second-order valence-corrected chi connectivity index (χ2v) is 7.76. The molecule has 0 aliphatic heterocycles. The molecule has 2 aromatic rings. The number of carbonyl (C=O) groups excluding carboxylic acids is 1. The second-order valence-electron chi connectivity index (χ2n) is 6.04. The van der Waals surface area contributed by atoms with Gasteiger partial charge in [-0.15, -0.1) is 0 Å². The van der Waals surface area contributed by atoms with Gasteiger partial charge in [0.1, 0.15) is 0 Å². The molecule has 0 aromatic heterocycles. The van der Waals surface area contributed by atoms with E-state index in [1.54, 1.807) is 43.3 Å². The fraction of sp³-hybridized carbons (Fsp3) is 0.250. The lowest BCUT2D eigenvalue weighted by molar-refractivity contribution is -0.145. The molecule has 2 aromatic carbocycles. The Labute approximate surface area is 154 Å². The molecule has 0 bridgehead atoms. The monoisotopic (exact) mass is 373 g/mol.